The van der Waals surface area contributed by atoms with Crippen LogP contribution >= 0.6 is 0 Å². The van der Waals surface area contributed by atoms with E-state index in [0.717, 1.165) is 22.3 Å². The maximum absolute atomic E-state index is 12.5. The van der Waals surface area contributed by atoms with Crippen LogP contribution in [0, 0.1) is 32.1 Å². The van der Waals surface area contributed by atoms with Gasteiger partial charge in [0.1, 0.15) is 24.0 Å². The fourth-order valence-corrected chi connectivity index (χ4v) is 2.88. The average Bonchev–Trinajstić information content (AvgIpc) is 2.74. The SMILES string of the molecule is Cc1ccc(COc2cccc(/C=C(/C#N)C(=O)Nc3ccc(C)c(C)c3)c2)cc1. The lowest BCUT2D eigenvalue weighted by molar-refractivity contribution is -0.112. The van der Waals surface area contributed by atoms with Gasteiger partial charge >= 0.3 is 0 Å². The Morgan fingerprint density at radius 3 is 2.47 bits per heavy atom. The highest BCUT2D eigenvalue weighted by Crippen LogP contribution is 2.19. The summed E-state index contributed by atoms with van der Waals surface area (Å²) >= 11 is 0. The van der Waals surface area contributed by atoms with E-state index < -0.39 is 5.91 Å². The number of carbonyl (C=O) groups excluding carboxylic acids is 1. The number of aryl methyl sites for hydroxylation is 3. The molecule has 0 aliphatic rings. The van der Waals surface area contributed by atoms with Gasteiger partial charge in [-0.1, -0.05) is 48.0 Å². The highest BCUT2D eigenvalue weighted by molar-refractivity contribution is 6.09. The van der Waals surface area contributed by atoms with E-state index in [-0.39, 0.29) is 5.57 Å². The van der Waals surface area contributed by atoms with E-state index >= 15 is 0 Å². The first-order chi connectivity index (χ1) is 14.4. The molecule has 30 heavy (non-hydrogen) atoms. The van der Waals surface area contributed by atoms with E-state index in [9.17, 15) is 10.1 Å². The van der Waals surface area contributed by atoms with Gasteiger partial charge in [0.05, 0.1) is 0 Å². The molecule has 0 atom stereocenters. The second-order valence-electron chi connectivity index (χ2n) is 7.27. The summed E-state index contributed by atoms with van der Waals surface area (Å²) in [4.78, 5) is 12.5. The summed E-state index contributed by atoms with van der Waals surface area (Å²) in [5, 5.41) is 12.3. The molecule has 0 saturated heterocycles. The third-order valence-electron chi connectivity index (χ3n) is 4.83. The molecule has 0 aromatic heterocycles. The molecule has 4 heteroatoms. The molecular weight excluding hydrogens is 372 g/mol. The summed E-state index contributed by atoms with van der Waals surface area (Å²) < 4.78 is 5.86. The number of carbonyl (C=O) groups is 1. The molecule has 0 heterocycles. The standard InChI is InChI=1S/C26H24N2O2/c1-18-7-10-21(11-8-18)17-30-25-6-4-5-22(15-25)14-23(16-27)26(29)28-24-12-9-19(2)20(3)13-24/h4-15H,17H2,1-3H3,(H,28,29)/b23-14-. The van der Waals surface area contributed by atoms with Gasteiger partial charge in [0.15, 0.2) is 0 Å². The van der Waals surface area contributed by atoms with Gasteiger partial charge in [0.2, 0.25) is 0 Å². The van der Waals surface area contributed by atoms with Crippen molar-refractivity contribution in [1.82, 2.24) is 0 Å². The Labute approximate surface area is 177 Å². The maximum atomic E-state index is 12.5. The van der Waals surface area contributed by atoms with Gasteiger partial charge in [0.25, 0.3) is 5.91 Å². The molecule has 0 radical (unpaired) electrons. The summed E-state index contributed by atoms with van der Waals surface area (Å²) in [5.74, 6) is 0.239. The lowest BCUT2D eigenvalue weighted by Crippen LogP contribution is -2.13. The Bertz CT molecular complexity index is 1120. The first-order valence-corrected chi connectivity index (χ1v) is 9.73. The molecule has 4 nitrogen and oxygen atoms in total. The maximum Gasteiger partial charge on any atom is 0.266 e. The molecule has 3 aromatic rings. The first-order valence-electron chi connectivity index (χ1n) is 9.73. The molecule has 0 aliphatic carbocycles. The van der Waals surface area contributed by atoms with Crippen molar-refractivity contribution in [3.63, 3.8) is 0 Å². The van der Waals surface area contributed by atoms with Crippen molar-refractivity contribution in [2.24, 2.45) is 0 Å². The number of nitriles is 1. The highest BCUT2D eigenvalue weighted by atomic mass is 16.5. The number of hydrogen-bond acceptors (Lipinski definition) is 3. The van der Waals surface area contributed by atoms with Crippen LogP contribution in [0.15, 0.2) is 72.3 Å². The number of rotatable bonds is 6. The summed E-state index contributed by atoms with van der Waals surface area (Å²) in [7, 11) is 0. The van der Waals surface area contributed by atoms with Gasteiger partial charge < -0.3 is 10.1 Å². The van der Waals surface area contributed by atoms with Gasteiger partial charge in [-0.3, -0.25) is 4.79 Å². The third kappa shape index (κ3) is 5.59. The topological polar surface area (TPSA) is 62.1 Å². The fraction of sp³-hybridized carbons (Fsp3) is 0.154. The molecule has 1 N–H and O–H groups in total. The third-order valence-corrected chi connectivity index (χ3v) is 4.83. The highest BCUT2D eigenvalue weighted by Gasteiger charge is 2.10. The number of hydrogen-bond donors (Lipinski definition) is 1. The largest absolute Gasteiger partial charge is 0.489 e. The Balaban J connectivity index is 1.71. The van der Waals surface area contributed by atoms with Gasteiger partial charge in [-0.15, -0.1) is 0 Å². The molecule has 1 amide bonds. The van der Waals surface area contributed by atoms with E-state index in [1.54, 1.807) is 6.08 Å². The normalized spacial score (nSPS) is 10.9. The van der Waals surface area contributed by atoms with Crippen LogP contribution in [0.5, 0.6) is 5.75 Å². The predicted molar refractivity (Wildman–Crippen MR) is 120 cm³/mol. The van der Waals surface area contributed by atoms with E-state index in [4.69, 9.17) is 4.74 Å². The van der Waals surface area contributed by atoms with Crippen LogP contribution in [0.25, 0.3) is 6.08 Å². The van der Waals surface area contributed by atoms with Crippen molar-refractivity contribution in [3.05, 3.63) is 100 Å². The molecule has 0 aliphatic heterocycles. The number of anilines is 1. The summed E-state index contributed by atoms with van der Waals surface area (Å²) in [6, 6.07) is 23.1. The molecule has 0 fully saturated rings. The van der Waals surface area contributed by atoms with Crippen LogP contribution in [0.4, 0.5) is 5.69 Å². The molecule has 0 unspecified atom stereocenters. The molecule has 150 valence electrons. The van der Waals surface area contributed by atoms with E-state index in [0.29, 0.717) is 18.0 Å². The van der Waals surface area contributed by atoms with Crippen LogP contribution in [-0.2, 0) is 11.4 Å². The number of nitrogens with zero attached hydrogens (tertiary/aromatic N) is 1. The smallest absolute Gasteiger partial charge is 0.266 e. The number of nitrogens with one attached hydrogen (secondary N) is 1. The predicted octanol–water partition coefficient (Wildman–Crippen LogP) is 5.74. The van der Waals surface area contributed by atoms with Crippen molar-refractivity contribution in [2.75, 3.05) is 5.32 Å². The summed E-state index contributed by atoms with van der Waals surface area (Å²) in [5.41, 5.74) is 5.92. The molecule has 0 saturated carbocycles. The Morgan fingerprint density at radius 1 is 1.00 bits per heavy atom. The zero-order valence-corrected chi connectivity index (χ0v) is 17.4. The van der Waals surface area contributed by atoms with Gasteiger partial charge in [-0.2, -0.15) is 5.26 Å². The minimum absolute atomic E-state index is 0.0314. The van der Waals surface area contributed by atoms with Crippen molar-refractivity contribution < 1.29 is 9.53 Å². The Kier molecular flexibility index (Phi) is 6.67. The van der Waals surface area contributed by atoms with Crippen molar-refractivity contribution >= 4 is 17.7 Å². The minimum Gasteiger partial charge on any atom is -0.489 e. The van der Waals surface area contributed by atoms with Crippen LogP contribution in [0.3, 0.4) is 0 Å². The zero-order chi connectivity index (χ0) is 21.5. The monoisotopic (exact) mass is 396 g/mol. The van der Waals surface area contributed by atoms with Crippen LogP contribution < -0.4 is 10.1 Å². The van der Waals surface area contributed by atoms with Crippen LogP contribution in [-0.4, -0.2) is 5.91 Å². The Morgan fingerprint density at radius 2 is 1.77 bits per heavy atom. The van der Waals surface area contributed by atoms with Crippen molar-refractivity contribution in [3.8, 4) is 11.8 Å². The summed E-state index contributed by atoms with van der Waals surface area (Å²) in [6.45, 7) is 6.48. The molecule has 3 rings (SSSR count). The number of ether oxygens (including phenoxy) is 1. The van der Waals surface area contributed by atoms with Gasteiger partial charge in [0, 0.05) is 5.69 Å². The van der Waals surface area contributed by atoms with E-state index in [1.807, 2.05) is 93.6 Å². The zero-order valence-electron chi connectivity index (χ0n) is 17.4. The van der Waals surface area contributed by atoms with Gasteiger partial charge in [-0.05, 0) is 73.4 Å². The Hall–Kier alpha value is -3.84. The van der Waals surface area contributed by atoms with Crippen molar-refractivity contribution in [2.45, 2.75) is 27.4 Å². The number of amides is 1. The second kappa shape index (κ2) is 9.58. The first kappa shape index (κ1) is 20.9. The molecule has 0 bridgehead atoms. The van der Waals surface area contributed by atoms with Crippen molar-refractivity contribution in [1.29, 1.82) is 5.26 Å². The average molecular weight is 396 g/mol. The molecular formula is C26H24N2O2. The second-order valence-corrected chi connectivity index (χ2v) is 7.27. The quantitative estimate of drug-likeness (QED) is 0.427. The lowest BCUT2D eigenvalue weighted by atomic mass is 10.1. The number of benzene rings is 3. The van der Waals surface area contributed by atoms with Gasteiger partial charge in [-0.25, -0.2) is 0 Å². The van der Waals surface area contributed by atoms with Crippen LogP contribution in [0.2, 0.25) is 0 Å². The van der Waals surface area contributed by atoms with E-state index in [1.165, 1.54) is 5.56 Å². The summed E-state index contributed by atoms with van der Waals surface area (Å²) in [6.07, 6.45) is 1.56. The molecule has 3 aromatic carbocycles. The van der Waals surface area contributed by atoms with Crippen LogP contribution in [0.1, 0.15) is 27.8 Å². The fourth-order valence-electron chi connectivity index (χ4n) is 2.88. The lowest BCUT2D eigenvalue weighted by Gasteiger charge is -2.08. The molecule has 0 spiro atoms. The van der Waals surface area contributed by atoms with E-state index in [2.05, 4.69) is 5.32 Å². The minimum atomic E-state index is -0.438.